The standard InChI is InChI=1S/2C5H10O2.C3H7O.Ti/c2*1-4(2)3-5(6)7;1-3(2)4;/h2*4H,3H2,1-2H3,(H,6,7);3H,1-2H3;/q;;-1;+3/p-2. The SMILES string of the molecule is CC(C)CC(=O)[O-].CC(C)CC(=O)[O-].CC(C)[O-].[Ti+3]. The van der Waals surface area contributed by atoms with Crippen molar-refractivity contribution in [1.29, 1.82) is 0 Å². The molecule has 0 fully saturated rings. The predicted octanol–water partition coefficient (Wildman–Crippen LogP) is -0.683. The summed E-state index contributed by atoms with van der Waals surface area (Å²) in [6.07, 6.45) is -0.0833. The summed E-state index contributed by atoms with van der Waals surface area (Å²) in [4.78, 5) is 19.4. The van der Waals surface area contributed by atoms with Crippen LogP contribution in [-0.4, -0.2) is 18.0 Å². The average Bonchev–Trinajstić information content (AvgIpc) is 1.96. The van der Waals surface area contributed by atoms with Gasteiger partial charge in [-0.05, 0) is 24.7 Å². The van der Waals surface area contributed by atoms with Crippen LogP contribution in [0, 0.1) is 11.8 Å². The largest absolute Gasteiger partial charge is 3.00 e. The Balaban J connectivity index is -0.0000000900. The molecule has 0 aliphatic heterocycles. The van der Waals surface area contributed by atoms with Crippen LogP contribution in [0.5, 0.6) is 0 Å². The molecule has 111 valence electrons. The van der Waals surface area contributed by atoms with Crippen LogP contribution < -0.4 is 15.3 Å². The minimum atomic E-state index is -0.963. The fraction of sp³-hybridized carbons (Fsp3) is 0.846. The third-order valence-electron chi connectivity index (χ3n) is 1.15. The van der Waals surface area contributed by atoms with Gasteiger partial charge in [0, 0.05) is 11.9 Å². The first-order valence-corrected chi connectivity index (χ1v) is 6.04. The molecular formula is C13H25O5Ti. The number of carbonyl (C=O) groups is 2. The molecule has 1 radical (unpaired) electrons. The van der Waals surface area contributed by atoms with Crippen LogP contribution in [0.4, 0.5) is 0 Å². The van der Waals surface area contributed by atoms with Gasteiger partial charge in [-0.1, -0.05) is 41.5 Å². The summed E-state index contributed by atoms with van der Waals surface area (Å²) in [6, 6.07) is 0. The molecule has 5 nitrogen and oxygen atoms in total. The fourth-order valence-corrected chi connectivity index (χ4v) is 0.667. The van der Waals surface area contributed by atoms with E-state index in [0.717, 1.165) is 0 Å². The summed E-state index contributed by atoms with van der Waals surface area (Å²) in [5.41, 5.74) is 0. The molecule has 0 aliphatic carbocycles. The van der Waals surface area contributed by atoms with Gasteiger partial charge in [0.2, 0.25) is 0 Å². The van der Waals surface area contributed by atoms with Gasteiger partial charge in [-0.3, -0.25) is 0 Å². The molecule has 0 saturated heterocycles. The summed E-state index contributed by atoms with van der Waals surface area (Å²) >= 11 is 0. The Labute approximate surface area is 131 Å². The van der Waals surface area contributed by atoms with Crippen molar-refractivity contribution in [3.8, 4) is 0 Å². The van der Waals surface area contributed by atoms with Gasteiger partial charge < -0.3 is 24.9 Å². The number of rotatable bonds is 4. The van der Waals surface area contributed by atoms with Crippen molar-refractivity contribution in [2.24, 2.45) is 11.8 Å². The number of carbonyl (C=O) groups excluding carboxylic acids is 2. The molecule has 0 amide bonds. The second kappa shape index (κ2) is 17.6. The molecule has 0 bridgehead atoms. The Morgan fingerprint density at radius 3 is 0.947 bits per heavy atom. The van der Waals surface area contributed by atoms with Crippen LogP contribution in [0.3, 0.4) is 0 Å². The molecule has 0 heterocycles. The van der Waals surface area contributed by atoms with Crippen molar-refractivity contribution in [2.75, 3.05) is 0 Å². The van der Waals surface area contributed by atoms with E-state index in [1.807, 2.05) is 27.7 Å². The van der Waals surface area contributed by atoms with E-state index in [0.29, 0.717) is 0 Å². The zero-order valence-corrected chi connectivity index (χ0v) is 14.2. The molecule has 0 unspecified atom stereocenters. The molecule has 6 heteroatoms. The zero-order valence-electron chi connectivity index (χ0n) is 12.7. The van der Waals surface area contributed by atoms with E-state index >= 15 is 0 Å². The summed E-state index contributed by atoms with van der Waals surface area (Å²) in [5, 5.41) is 28.9. The van der Waals surface area contributed by atoms with Gasteiger partial charge >= 0.3 is 21.7 Å². The van der Waals surface area contributed by atoms with Gasteiger partial charge in [-0.2, -0.15) is 0 Å². The van der Waals surface area contributed by atoms with E-state index in [2.05, 4.69) is 0 Å². The van der Waals surface area contributed by atoms with Gasteiger partial charge in [0.05, 0.1) is 0 Å². The molecular weight excluding hydrogens is 284 g/mol. The maximum absolute atomic E-state index is 9.70. The van der Waals surface area contributed by atoms with Gasteiger partial charge in [-0.15, -0.1) is 6.10 Å². The summed E-state index contributed by atoms with van der Waals surface area (Å²) in [7, 11) is 0. The van der Waals surface area contributed by atoms with E-state index in [1.165, 1.54) is 0 Å². The van der Waals surface area contributed by atoms with Gasteiger partial charge in [0.15, 0.2) is 0 Å². The average molecular weight is 309 g/mol. The van der Waals surface area contributed by atoms with Crippen LogP contribution in [0.15, 0.2) is 0 Å². The Bertz CT molecular complexity index is 192. The first-order chi connectivity index (χ1) is 7.98. The third-order valence-corrected chi connectivity index (χ3v) is 1.15. The second-order valence-electron chi connectivity index (χ2n) is 4.99. The molecule has 0 aromatic heterocycles. The topological polar surface area (TPSA) is 103 Å². The summed E-state index contributed by atoms with van der Waals surface area (Å²) in [6.45, 7) is 10.6. The van der Waals surface area contributed by atoms with Gasteiger partial charge in [0.25, 0.3) is 0 Å². The Kier molecular flexibility index (Phi) is 25.1. The first kappa shape index (κ1) is 27.0. The number of carboxylic acids is 2. The summed E-state index contributed by atoms with van der Waals surface area (Å²) < 4.78 is 0. The van der Waals surface area contributed by atoms with Crippen LogP contribution in [0.2, 0.25) is 0 Å². The minimum absolute atomic E-state index is 0. The molecule has 0 rings (SSSR count). The number of hydrogen-bond donors (Lipinski definition) is 0. The first-order valence-electron chi connectivity index (χ1n) is 6.04. The van der Waals surface area contributed by atoms with E-state index < -0.39 is 18.0 Å². The predicted molar refractivity (Wildman–Crippen MR) is 64.1 cm³/mol. The maximum atomic E-state index is 9.70. The fourth-order valence-electron chi connectivity index (χ4n) is 0.667. The van der Waals surface area contributed by atoms with E-state index in [1.54, 1.807) is 13.8 Å². The zero-order chi connectivity index (χ0) is 15.3. The summed E-state index contributed by atoms with van der Waals surface area (Å²) in [5.74, 6) is -1.50. The number of hydrogen-bond acceptors (Lipinski definition) is 5. The molecule has 0 saturated carbocycles. The monoisotopic (exact) mass is 309 g/mol. The van der Waals surface area contributed by atoms with Crippen LogP contribution in [0.25, 0.3) is 0 Å². The Morgan fingerprint density at radius 1 is 0.789 bits per heavy atom. The van der Waals surface area contributed by atoms with E-state index in [4.69, 9.17) is 0 Å². The Morgan fingerprint density at radius 2 is 0.947 bits per heavy atom. The quantitative estimate of drug-likeness (QED) is 0.640. The van der Waals surface area contributed by atoms with Crippen molar-refractivity contribution in [3.05, 3.63) is 0 Å². The van der Waals surface area contributed by atoms with Crippen LogP contribution in [-0.2, 0) is 31.3 Å². The van der Waals surface area contributed by atoms with Crippen molar-refractivity contribution >= 4 is 11.9 Å². The molecule has 0 aromatic rings. The minimum Gasteiger partial charge on any atom is -0.852 e. The number of aliphatic carboxylic acids is 2. The second-order valence-corrected chi connectivity index (χ2v) is 4.99. The van der Waals surface area contributed by atoms with Gasteiger partial charge in [0.1, 0.15) is 0 Å². The van der Waals surface area contributed by atoms with Crippen molar-refractivity contribution < 1.29 is 46.6 Å². The molecule has 0 aromatic carbocycles. The molecule has 0 atom stereocenters. The third kappa shape index (κ3) is 74.1. The van der Waals surface area contributed by atoms with Crippen LogP contribution in [0.1, 0.15) is 54.4 Å². The van der Waals surface area contributed by atoms with Crippen molar-refractivity contribution in [2.45, 2.75) is 60.5 Å². The smallest absolute Gasteiger partial charge is 0.852 e. The Hall–Kier alpha value is -0.386. The van der Waals surface area contributed by atoms with Gasteiger partial charge in [-0.25, -0.2) is 0 Å². The molecule has 0 spiro atoms. The van der Waals surface area contributed by atoms with Crippen LogP contribution >= 0.6 is 0 Å². The van der Waals surface area contributed by atoms with Crippen molar-refractivity contribution in [3.63, 3.8) is 0 Å². The number of carboxylic acid groups (broad SMARTS) is 2. The normalized spacial score (nSPS) is 8.95. The molecule has 19 heavy (non-hydrogen) atoms. The van der Waals surface area contributed by atoms with E-state index in [9.17, 15) is 24.9 Å². The maximum Gasteiger partial charge on any atom is 3.00 e. The van der Waals surface area contributed by atoms with E-state index in [-0.39, 0.29) is 46.4 Å². The van der Waals surface area contributed by atoms with Crippen molar-refractivity contribution in [1.82, 2.24) is 0 Å². The molecule has 0 aliphatic rings. The molecule has 0 N–H and O–H groups in total.